The van der Waals surface area contributed by atoms with Crippen molar-refractivity contribution in [3.05, 3.63) is 83.7 Å². The molecule has 2 amide bonds. The second kappa shape index (κ2) is 12.8. The molecule has 3 rings (SSSR count). The highest BCUT2D eigenvalue weighted by Gasteiger charge is 2.14. The SMILES string of the molecule is CC/C=C\C(=NC)C(=O)Nc1cc(Oc2cccc(C(=O)NCc3ccc(OC)nc3)c2C)ccn1. The number of hydrogen-bond donors (Lipinski definition) is 2. The van der Waals surface area contributed by atoms with E-state index >= 15 is 0 Å². The fourth-order valence-electron chi connectivity index (χ4n) is 3.22. The Hall–Kier alpha value is -4.53. The normalized spacial score (nSPS) is 11.3. The van der Waals surface area contributed by atoms with Gasteiger partial charge in [0.2, 0.25) is 5.88 Å². The minimum Gasteiger partial charge on any atom is -0.481 e. The summed E-state index contributed by atoms with van der Waals surface area (Å²) in [6, 6.07) is 12.1. The summed E-state index contributed by atoms with van der Waals surface area (Å²) in [5, 5.41) is 5.62. The van der Waals surface area contributed by atoms with Gasteiger partial charge in [0, 0.05) is 49.2 Å². The van der Waals surface area contributed by atoms with Gasteiger partial charge in [-0.3, -0.25) is 14.6 Å². The van der Waals surface area contributed by atoms with Crippen LogP contribution in [0.2, 0.25) is 0 Å². The molecule has 186 valence electrons. The zero-order valence-corrected chi connectivity index (χ0v) is 20.7. The number of allylic oxidation sites excluding steroid dienone is 1. The van der Waals surface area contributed by atoms with Crippen LogP contribution in [0.4, 0.5) is 5.82 Å². The van der Waals surface area contributed by atoms with Gasteiger partial charge in [-0.1, -0.05) is 25.1 Å². The molecule has 0 atom stereocenters. The third-order valence-electron chi connectivity index (χ3n) is 5.17. The number of pyridine rings is 2. The zero-order valence-electron chi connectivity index (χ0n) is 20.7. The quantitative estimate of drug-likeness (QED) is 0.407. The van der Waals surface area contributed by atoms with E-state index in [0.29, 0.717) is 46.6 Å². The maximum absolute atomic E-state index is 12.8. The predicted octanol–water partition coefficient (Wildman–Crippen LogP) is 4.49. The highest BCUT2D eigenvalue weighted by molar-refractivity contribution is 6.47. The maximum Gasteiger partial charge on any atom is 0.274 e. The second-order valence-electron chi connectivity index (χ2n) is 7.67. The topological polar surface area (TPSA) is 115 Å². The second-order valence-corrected chi connectivity index (χ2v) is 7.67. The molecule has 0 aliphatic rings. The number of anilines is 1. The van der Waals surface area contributed by atoms with Gasteiger partial charge >= 0.3 is 0 Å². The third-order valence-corrected chi connectivity index (χ3v) is 5.17. The van der Waals surface area contributed by atoms with E-state index in [4.69, 9.17) is 9.47 Å². The Morgan fingerprint density at radius 2 is 1.97 bits per heavy atom. The smallest absolute Gasteiger partial charge is 0.274 e. The molecule has 1 aromatic carbocycles. The molecule has 2 aromatic heterocycles. The first-order valence-electron chi connectivity index (χ1n) is 11.4. The van der Waals surface area contributed by atoms with Crippen LogP contribution >= 0.6 is 0 Å². The summed E-state index contributed by atoms with van der Waals surface area (Å²) in [5.41, 5.74) is 2.31. The van der Waals surface area contributed by atoms with Crippen molar-refractivity contribution in [2.24, 2.45) is 4.99 Å². The van der Waals surface area contributed by atoms with Crippen molar-refractivity contribution in [3.8, 4) is 17.4 Å². The van der Waals surface area contributed by atoms with E-state index in [1.165, 1.54) is 6.20 Å². The highest BCUT2D eigenvalue weighted by Crippen LogP contribution is 2.28. The van der Waals surface area contributed by atoms with Crippen molar-refractivity contribution < 1.29 is 19.1 Å². The first-order valence-corrected chi connectivity index (χ1v) is 11.4. The van der Waals surface area contributed by atoms with Gasteiger partial charge in [0.05, 0.1) is 7.11 Å². The molecule has 9 nitrogen and oxygen atoms in total. The predicted molar refractivity (Wildman–Crippen MR) is 139 cm³/mol. The van der Waals surface area contributed by atoms with Crippen molar-refractivity contribution in [2.75, 3.05) is 19.5 Å². The average molecular weight is 488 g/mol. The average Bonchev–Trinajstić information content (AvgIpc) is 2.89. The van der Waals surface area contributed by atoms with Crippen molar-refractivity contribution in [1.29, 1.82) is 0 Å². The lowest BCUT2D eigenvalue weighted by atomic mass is 10.1. The number of ether oxygens (including phenoxy) is 2. The summed E-state index contributed by atoms with van der Waals surface area (Å²) in [7, 11) is 3.11. The minimum absolute atomic E-state index is 0.233. The van der Waals surface area contributed by atoms with Crippen LogP contribution in [-0.4, -0.2) is 41.7 Å². The number of carbonyl (C=O) groups excluding carboxylic acids is 2. The number of nitrogens with one attached hydrogen (secondary N) is 2. The Labute approximate surface area is 210 Å². The van der Waals surface area contributed by atoms with E-state index in [2.05, 4.69) is 25.6 Å². The van der Waals surface area contributed by atoms with Crippen LogP contribution in [0.25, 0.3) is 0 Å². The molecule has 0 fully saturated rings. The van der Waals surface area contributed by atoms with Crippen LogP contribution in [0.15, 0.2) is 72.0 Å². The summed E-state index contributed by atoms with van der Waals surface area (Å²) in [4.78, 5) is 37.6. The Balaban J connectivity index is 1.69. The number of benzene rings is 1. The molecule has 0 aliphatic heterocycles. The van der Waals surface area contributed by atoms with E-state index in [1.54, 1.807) is 62.8 Å². The van der Waals surface area contributed by atoms with Gasteiger partial charge < -0.3 is 20.1 Å². The van der Waals surface area contributed by atoms with Gasteiger partial charge in [0.15, 0.2) is 0 Å². The number of aromatic nitrogens is 2. The van der Waals surface area contributed by atoms with E-state index in [-0.39, 0.29) is 11.8 Å². The standard InChI is InChI=1S/C27H29N5O4/c1-5-6-9-22(28-3)27(34)32-24-15-20(13-14-29-24)36-23-10-7-8-21(18(23)2)26(33)31-17-19-11-12-25(35-4)30-16-19/h6-16H,5,17H2,1-4H3,(H,31,33)(H,29,32,34)/b9-6-,28-22?. The highest BCUT2D eigenvalue weighted by atomic mass is 16.5. The summed E-state index contributed by atoms with van der Waals surface area (Å²) >= 11 is 0. The molecule has 0 aliphatic carbocycles. The number of carbonyl (C=O) groups is 2. The Morgan fingerprint density at radius 3 is 2.67 bits per heavy atom. The lowest BCUT2D eigenvalue weighted by molar-refractivity contribution is -0.110. The van der Waals surface area contributed by atoms with Crippen LogP contribution in [0.5, 0.6) is 17.4 Å². The Kier molecular flexibility index (Phi) is 9.27. The van der Waals surface area contributed by atoms with Crippen molar-refractivity contribution in [3.63, 3.8) is 0 Å². The van der Waals surface area contributed by atoms with Crippen LogP contribution in [0, 0.1) is 6.92 Å². The molecule has 0 bridgehead atoms. The molecule has 2 N–H and O–H groups in total. The van der Waals surface area contributed by atoms with Gasteiger partial charge in [-0.05, 0) is 43.2 Å². The van der Waals surface area contributed by atoms with Crippen molar-refractivity contribution in [2.45, 2.75) is 26.8 Å². The molecule has 0 radical (unpaired) electrons. The zero-order chi connectivity index (χ0) is 25.9. The summed E-state index contributed by atoms with van der Waals surface area (Å²) in [6.45, 7) is 4.11. The molecular weight excluding hydrogens is 458 g/mol. The number of rotatable bonds is 10. The molecular formula is C27H29N5O4. The van der Waals surface area contributed by atoms with Crippen LogP contribution in [0.3, 0.4) is 0 Å². The first-order chi connectivity index (χ1) is 17.4. The monoisotopic (exact) mass is 487 g/mol. The number of amides is 2. The van der Waals surface area contributed by atoms with Gasteiger partial charge in [0.25, 0.3) is 11.8 Å². The summed E-state index contributed by atoms with van der Waals surface area (Å²) < 4.78 is 11.1. The first kappa shape index (κ1) is 26.1. The van der Waals surface area contributed by atoms with Gasteiger partial charge in [-0.15, -0.1) is 0 Å². The molecule has 0 unspecified atom stereocenters. The Bertz CT molecular complexity index is 1270. The van der Waals surface area contributed by atoms with Crippen LogP contribution in [0.1, 0.15) is 34.8 Å². The lowest BCUT2D eigenvalue weighted by Crippen LogP contribution is -2.23. The molecule has 2 heterocycles. The van der Waals surface area contributed by atoms with Gasteiger partial charge in [-0.25, -0.2) is 9.97 Å². The molecule has 36 heavy (non-hydrogen) atoms. The summed E-state index contributed by atoms with van der Waals surface area (Å²) in [6.07, 6.45) is 7.50. The number of aliphatic imine (C=N–C) groups is 1. The molecule has 0 spiro atoms. The van der Waals surface area contributed by atoms with Crippen molar-refractivity contribution >= 4 is 23.3 Å². The maximum atomic E-state index is 12.8. The van der Waals surface area contributed by atoms with Gasteiger partial charge in [-0.2, -0.15) is 0 Å². The molecule has 0 saturated carbocycles. The van der Waals surface area contributed by atoms with Gasteiger partial charge in [0.1, 0.15) is 23.0 Å². The van der Waals surface area contributed by atoms with E-state index in [1.807, 2.05) is 26.0 Å². The fourth-order valence-corrected chi connectivity index (χ4v) is 3.22. The van der Waals surface area contributed by atoms with E-state index in [9.17, 15) is 9.59 Å². The van der Waals surface area contributed by atoms with E-state index in [0.717, 1.165) is 12.0 Å². The third kappa shape index (κ3) is 6.99. The largest absolute Gasteiger partial charge is 0.481 e. The van der Waals surface area contributed by atoms with Crippen molar-refractivity contribution in [1.82, 2.24) is 15.3 Å². The summed E-state index contributed by atoms with van der Waals surface area (Å²) in [5.74, 6) is 1.21. The molecule has 9 heteroatoms. The minimum atomic E-state index is -0.367. The molecule has 3 aromatic rings. The lowest BCUT2D eigenvalue weighted by Gasteiger charge is -2.13. The fraction of sp³-hybridized carbons (Fsp3) is 0.222. The van der Waals surface area contributed by atoms with Crippen LogP contribution in [-0.2, 0) is 11.3 Å². The Morgan fingerprint density at radius 1 is 1.14 bits per heavy atom. The molecule has 0 saturated heterocycles. The van der Waals surface area contributed by atoms with E-state index < -0.39 is 0 Å². The number of nitrogens with zero attached hydrogens (tertiary/aromatic N) is 3. The van der Waals surface area contributed by atoms with Crippen LogP contribution < -0.4 is 20.1 Å². The number of hydrogen-bond acceptors (Lipinski definition) is 7. The number of methoxy groups -OCH3 is 1.